The average molecular weight is 318 g/mol. The molecule has 0 fully saturated rings. The van der Waals surface area contributed by atoms with Crippen molar-refractivity contribution >= 4 is 17.2 Å². The van der Waals surface area contributed by atoms with Gasteiger partial charge in [-0.2, -0.15) is 0 Å². The fourth-order valence-corrected chi connectivity index (χ4v) is 3.78. The molecule has 1 aromatic heterocycles. The number of aliphatic imine (C=N–C) groups is 1. The van der Waals surface area contributed by atoms with Crippen molar-refractivity contribution in [1.82, 2.24) is 5.32 Å². The van der Waals surface area contributed by atoms with E-state index in [0.29, 0.717) is 5.84 Å². The minimum atomic E-state index is 0.119. The van der Waals surface area contributed by atoms with E-state index in [1.165, 1.54) is 16.0 Å². The number of hydrogen-bond acceptors (Lipinski definition) is 3. The maximum absolute atomic E-state index is 6.27. The van der Waals surface area contributed by atoms with E-state index in [1.807, 2.05) is 6.92 Å². The minimum absolute atomic E-state index is 0.119. The summed E-state index contributed by atoms with van der Waals surface area (Å²) >= 11 is 1.78. The quantitative estimate of drug-likeness (QED) is 0.503. The molecular formula is C18H27N3S. The van der Waals surface area contributed by atoms with Crippen LogP contribution in [0.25, 0.3) is 0 Å². The molecule has 0 saturated heterocycles. The van der Waals surface area contributed by atoms with Crippen LogP contribution in [0.1, 0.15) is 50.6 Å². The van der Waals surface area contributed by atoms with Crippen molar-refractivity contribution in [2.75, 3.05) is 6.54 Å². The van der Waals surface area contributed by atoms with Gasteiger partial charge >= 0.3 is 0 Å². The lowest BCUT2D eigenvalue weighted by Gasteiger charge is -2.20. The first kappa shape index (κ1) is 17.0. The van der Waals surface area contributed by atoms with Crippen LogP contribution in [0.3, 0.4) is 0 Å². The highest BCUT2D eigenvalue weighted by atomic mass is 32.1. The zero-order valence-electron chi connectivity index (χ0n) is 14.3. The van der Waals surface area contributed by atoms with Crippen LogP contribution >= 0.6 is 11.3 Å². The number of thiophene rings is 1. The Bertz CT molecular complexity index is 627. The zero-order chi connectivity index (χ0) is 16.3. The van der Waals surface area contributed by atoms with Gasteiger partial charge in [-0.05, 0) is 49.4 Å². The maximum Gasteiger partial charge on any atom is 0.132 e. The third-order valence-corrected chi connectivity index (χ3v) is 4.96. The lowest BCUT2D eigenvalue weighted by molar-refractivity contribution is 0.515. The van der Waals surface area contributed by atoms with E-state index in [4.69, 9.17) is 5.73 Å². The van der Waals surface area contributed by atoms with Crippen LogP contribution in [0.4, 0.5) is 0 Å². The van der Waals surface area contributed by atoms with Gasteiger partial charge < -0.3 is 11.1 Å². The molecule has 1 aromatic rings. The van der Waals surface area contributed by atoms with Crippen molar-refractivity contribution in [3.05, 3.63) is 44.8 Å². The van der Waals surface area contributed by atoms with E-state index in [9.17, 15) is 0 Å². The van der Waals surface area contributed by atoms with Crippen molar-refractivity contribution in [3.63, 3.8) is 0 Å². The molecule has 22 heavy (non-hydrogen) atoms. The Labute approximate surface area is 138 Å². The third kappa shape index (κ3) is 3.87. The van der Waals surface area contributed by atoms with E-state index in [2.05, 4.69) is 55.5 Å². The SMILES string of the molecule is C/C=C(\C=C(/C)N=C(N)c1csc2c1CCNC2)C(C)(C)C. The molecule has 0 unspecified atom stereocenters. The smallest absolute Gasteiger partial charge is 0.132 e. The molecule has 2 rings (SSSR count). The van der Waals surface area contributed by atoms with E-state index in [-0.39, 0.29) is 5.41 Å². The topological polar surface area (TPSA) is 50.4 Å². The summed E-state index contributed by atoms with van der Waals surface area (Å²) in [6.45, 7) is 12.7. The summed E-state index contributed by atoms with van der Waals surface area (Å²) in [7, 11) is 0. The Kier molecular flexibility index (Phi) is 5.24. The van der Waals surface area contributed by atoms with Crippen molar-refractivity contribution in [1.29, 1.82) is 0 Å². The summed E-state index contributed by atoms with van der Waals surface area (Å²) in [6.07, 6.45) is 5.32. The van der Waals surface area contributed by atoms with Gasteiger partial charge in [-0.25, -0.2) is 4.99 Å². The van der Waals surface area contributed by atoms with Gasteiger partial charge in [0.1, 0.15) is 5.84 Å². The Morgan fingerprint density at radius 1 is 1.41 bits per heavy atom. The van der Waals surface area contributed by atoms with Crippen molar-refractivity contribution < 1.29 is 0 Å². The van der Waals surface area contributed by atoms with Crippen LogP contribution in [0.15, 0.2) is 33.8 Å². The van der Waals surface area contributed by atoms with E-state index >= 15 is 0 Å². The largest absolute Gasteiger partial charge is 0.383 e. The Morgan fingerprint density at radius 2 is 2.14 bits per heavy atom. The van der Waals surface area contributed by atoms with E-state index in [0.717, 1.165) is 30.8 Å². The molecule has 0 aromatic carbocycles. The second-order valence-electron chi connectivity index (χ2n) is 6.75. The number of nitrogens with two attached hydrogens (primary N) is 1. The molecule has 0 aliphatic carbocycles. The number of rotatable bonds is 3. The summed E-state index contributed by atoms with van der Waals surface area (Å²) < 4.78 is 0. The summed E-state index contributed by atoms with van der Waals surface area (Å²) in [4.78, 5) is 6.02. The van der Waals surface area contributed by atoms with Crippen LogP contribution < -0.4 is 11.1 Å². The normalized spacial score (nSPS) is 17.6. The lowest BCUT2D eigenvalue weighted by atomic mass is 9.86. The number of allylic oxidation sites excluding steroid dienone is 4. The van der Waals surface area contributed by atoms with Crippen LogP contribution in [0, 0.1) is 5.41 Å². The molecule has 0 amide bonds. The van der Waals surface area contributed by atoms with Gasteiger partial charge in [-0.15, -0.1) is 11.3 Å². The molecule has 1 aliphatic rings. The minimum Gasteiger partial charge on any atom is -0.383 e. The fraction of sp³-hybridized carbons (Fsp3) is 0.500. The number of fused-ring (bicyclic) bond motifs is 1. The standard InChI is InChI=1S/C18H27N3S/c1-6-13(18(3,4)5)9-12(2)21-17(19)15-11-22-16-10-20-8-7-14(15)16/h6,9,11,20H,7-8,10H2,1-5H3,(H2,19,21)/b12-9+,13-6+. The van der Waals surface area contributed by atoms with Crippen LogP contribution in [-0.2, 0) is 13.0 Å². The van der Waals surface area contributed by atoms with Crippen LogP contribution in [0.5, 0.6) is 0 Å². The summed E-state index contributed by atoms with van der Waals surface area (Å²) in [5.74, 6) is 0.637. The third-order valence-electron chi connectivity index (χ3n) is 3.93. The molecule has 2 heterocycles. The molecule has 4 heteroatoms. The van der Waals surface area contributed by atoms with Gasteiger partial charge in [-0.1, -0.05) is 26.8 Å². The van der Waals surface area contributed by atoms with Crippen molar-refractivity contribution in [2.45, 2.75) is 47.6 Å². The summed E-state index contributed by atoms with van der Waals surface area (Å²) in [5.41, 5.74) is 11.1. The highest BCUT2D eigenvalue weighted by molar-refractivity contribution is 7.10. The fourth-order valence-electron chi connectivity index (χ4n) is 2.72. The Balaban J connectivity index is 2.27. The second-order valence-corrected chi connectivity index (χ2v) is 7.72. The van der Waals surface area contributed by atoms with Gasteiger partial charge in [0.05, 0.1) is 0 Å². The van der Waals surface area contributed by atoms with Crippen molar-refractivity contribution in [3.8, 4) is 0 Å². The molecule has 3 N–H and O–H groups in total. The lowest BCUT2D eigenvalue weighted by Crippen LogP contribution is -2.24. The number of hydrogen-bond donors (Lipinski definition) is 2. The summed E-state index contributed by atoms with van der Waals surface area (Å²) in [6, 6.07) is 0. The average Bonchev–Trinajstić information content (AvgIpc) is 2.87. The molecule has 0 spiro atoms. The van der Waals surface area contributed by atoms with Gasteiger partial charge in [0.2, 0.25) is 0 Å². The second kappa shape index (κ2) is 6.80. The molecule has 0 atom stereocenters. The highest BCUT2D eigenvalue weighted by Crippen LogP contribution is 2.28. The van der Waals surface area contributed by atoms with Gasteiger partial charge in [0, 0.05) is 28.1 Å². The van der Waals surface area contributed by atoms with Gasteiger partial charge in [-0.3, -0.25) is 0 Å². The molecule has 0 radical (unpaired) electrons. The molecule has 1 aliphatic heterocycles. The van der Waals surface area contributed by atoms with Gasteiger partial charge in [0.15, 0.2) is 0 Å². The van der Waals surface area contributed by atoms with Crippen molar-refractivity contribution in [2.24, 2.45) is 16.1 Å². The first-order chi connectivity index (χ1) is 10.3. The molecule has 3 nitrogen and oxygen atoms in total. The Morgan fingerprint density at radius 3 is 2.77 bits per heavy atom. The number of nitrogens with zero attached hydrogens (tertiary/aromatic N) is 1. The predicted octanol–water partition coefficient (Wildman–Crippen LogP) is 4.00. The van der Waals surface area contributed by atoms with Crippen LogP contribution in [-0.4, -0.2) is 12.4 Å². The molecule has 120 valence electrons. The predicted molar refractivity (Wildman–Crippen MR) is 97.4 cm³/mol. The van der Waals surface area contributed by atoms with Crippen LogP contribution in [0.2, 0.25) is 0 Å². The van der Waals surface area contributed by atoms with E-state index in [1.54, 1.807) is 11.3 Å². The molecular weight excluding hydrogens is 290 g/mol. The number of nitrogens with one attached hydrogen (secondary N) is 1. The summed E-state index contributed by atoms with van der Waals surface area (Å²) in [5, 5.41) is 5.54. The number of amidine groups is 1. The maximum atomic E-state index is 6.27. The van der Waals surface area contributed by atoms with E-state index < -0.39 is 0 Å². The Hall–Kier alpha value is -1.39. The monoisotopic (exact) mass is 317 g/mol. The molecule has 0 saturated carbocycles. The first-order valence-electron chi connectivity index (χ1n) is 7.82. The molecule has 0 bridgehead atoms. The van der Waals surface area contributed by atoms with Gasteiger partial charge in [0.25, 0.3) is 0 Å². The zero-order valence-corrected chi connectivity index (χ0v) is 15.1. The first-order valence-corrected chi connectivity index (χ1v) is 8.70. The highest BCUT2D eigenvalue weighted by Gasteiger charge is 2.18.